The van der Waals surface area contributed by atoms with Gasteiger partial charge in [-0.05, 0) is 39.3 Å². The number of unbranched alkanes of at least 4 members (excludes halogenated alkanes) is 1. The minimum atomic E-state index is 0.323. The van der Waals surface area contributed by atoms with Gasteiger partial charge in [0.05, 0.1) is 6.61 Å². The molecule has 0 radical (unpaired) electrons. The van der Waals surface area contributed by atoms with Crippen molar-refractivity contribution in [3.63, 3.8) is 0 Å². The third-order valence-electron chi connectivity index (χ3n) is 2.95. The van der Waals surface area contributed by atoms with E-state index in [1.54, 1.807) is 0 Å². The number of aryl methyl sites for hydroxylation is 1. The van der Waals surface area contributed by atoms with Gasteiger partial charge in [-0.15, -0.1) is 6.58 Å². The Balaban J connectivity index is 2.72. The lowest BCUT2D eigenvalue weighted by Gasteiger charge is -2.18. The van der Waals surface area contributed by atoms with Crippen molar-refractivity contribution in [1.82, 2.24) is 5.32 Å². The van der Waals surface area contributed by atoms with E-state index in [-0.39, 0.29) is 0 Å². The fraction of sp³-hybridized carbons (Fsp3) is 0.500. The Bertz CT molecular complexity index is 373. The summed E-state index contributed by atoms with van der Waals surface area (Å²) >= 11 is 0. The molecule has 1 atom stereocenters. The molecule has 1 aromatic carbocycles. The zero-order valence-electron chi connectivity index (χ0n) is 11.8. The summed E-state index contributed by atoms with van der Waals surface area (Å²) < 4.78 is 5.87. The van der Waals surface area contributed by atoms with Gasteiger partial charge >= 0.3 is 0 Å². The van der Waals surface area contributed by atoms with Crippen LogP contribution in [0.4, 0.5) is 0 Å². The normalized spacial score (nSPS) is 12.2. The summed E-state index contributed by atoms with van der Waals surface area (Å²) in [6.45, 7) is 11.8. The molecule has 18 heavy (non-hydrogen) atoms. The molecule has 0 saturated carbocycles. The molecule has 0 spiro atoms. The summed E-state index contributed by atoms with van der Waals surface area (Å²) in [5, 5.41) is 3.43. The molecule has 2 heteroatoms. The van der Waals surface area contributed by atoms with E-state index in [0.29, 0.717) is 6.04 Å². The average molecular weight is 247 g/mol. The first kappa shape index (κ1) is 14.8. The Hall–Kier alpha value is -1.28. The molecule has 0 amide bonds. The van der Waals surface area contributed by atoms with Gasteiger partial charge in [0.25, 0.3) is 0 Å². The predicted molar refractivity (Wildman–Crippen MR) is 78.2 cm³/mol. The SMILES string of the molecule is C=CCCCOc1ccc(C)cc1C(C)NCC. The number of hydrogen-bond acceptors (Lipinski definition) is 2. The fourth-order valence-corrected chi connectivity index (χ4v) is 1.96. The smallest absolute Gasteiger partial charge is 0.124 e. The lowest BCUT2D eigenvalue weighted by Crippen LogP contribution is -2.18. The molecule has 0 heterocycles. The van der Waals surface area contributed by atoms with Crippen LogP contribution in [0.5, 0.6) is 5.75 Å². The van der Waals surface area contributed by atoms with E-state index in [2.05, 4.69) is 50.9 Å². The molecular formula is C16H25NO. The number of nitrogens with one attached hydrogen (secondary N) is 1. The van der Waals surface area contributed by atoms with Gasteiger partial charge in [0.1, 0.15) is 5.75 Å². The minimum absolute atomic E-state index is 0.323. The van der Waals surface area contributed by atoms with Gasteiger partial charge in [-0.3, -0.25) is 0 Å². The first-order chi connectivity index (χ1) is 8.69. The molecule has 1 N–H and O–H groups in total. The van der Waals surface area contributed by atoms with Crippen LogP contribution in [0.1, 0.15) is 43.9 Å². The van der Waals surface area contributed by atoms with Gasteiger partial charge < -0.3 is 10.1 Å². The van der Waals surface area contributed by atoms with Crippen LogP contribution in [0.3, 0.4) is 0 Å². The molecule has 0 fully saturated rings. The molecule has 0 aliphatic carbocycles. The maximum atomic E-state index is 5.87. The van der Waals surface area contributed by atoms with Crippen LogP contribution in [0.25, 0.3) is 0 Å². The fourth-order valence-electron chi connectivity index (χ4n) is 1.96. The molecule has 100 valence electrons. The van der Waals surface area contributed by atoms with E-state index in [0.717, 1.165) is 31.7 Å². The van der Waals surface area contributed by atoms with Gasteiger partial charge in [-0.1, -0.05) is 30.7 Å². The topological polar surface area (TPSA) is 21.3 Å². The van der Waals surface area contributed by atoms with Crippen LogP contribution >= 0.6 is 0 Å². The lowest BCUT2D eigenvalue weighted by molar-refractivity contribution is 0.306. The Morgan fingerprint density at radius 3 is 2.89 bits per heavy atom. The number of allylic oxidation sites excluding steroid dienone is 1. The van der Waals surface area contributed by atoms with Crippen molar-refractivity contribution in [2.45, 2.75) is 39.7 Å². The van der Waals surface area contributed by atoms with Crippen LogP contribution < -0.4 is 10.1 Å². The second kappa shape index (κ2) is 7.93. The molecule has 0 bridgehead atoms. The highest BCUT2D eigenvalue weighted by atomic mass is 16.5. The molecule has 2 nitrogen and oxygen atoms in total. The third-order valence-corrected chi connectivity index (χ3v) is 2.95. The van der Waals surface area contributed by atoms with Crippen molar-refractivity contribution < 1.29 is 4.74 Å². The highest BCUT2D eigenvalue weighted by Crippen LogP contribution is 2.26. The summed E-state index contributed by atoms with van der Waals surface area (Å²) in [5.74, 6) is 0.998. The van der Waals surface area contributed by atoms with Gasteiger partial charge in [-0.2, -0.15) is 0 Å². The summed E-state index contributed by atoms with van der Waals surface area (Å²) in [7, 11) is 0. The second-order valence-electron chi connectivity index (χ2n) is 4.60. The molecule has 0 saturated heterocycles. The Kier molecular flexibility index (Phi) is 6.51. The van der Waals surface area contributed by atoms with Crippen LogP contribution in [-0.2, 0) is 0 Å². The van der Waals surface area contributed by atoms with Crippen LogP contribution in [0.15, 0.2) is 30.9 Å². The quantitative estimate of drug-likeness (QED) is 0.553. The van der Waals surface area contributed by atoms with E-state index in [1.807, 2.05) is 6.08 Å². The van der Waals surface area contributed by atoms with Gasteiger partial charge in [0, 0.05) is 11.6 Å². The maximum absolute atomic E-state index is 5.87. The summed E-state index contributed by atoms with van der Waals surface area (Å²) in [5.41, 5.74) is 2.52. The zero-order valence-corrected chi connectivity index (χ0v) is 11.8. The van der Waals surface area contributed by atoms with E-state index in [1.165, 1.54) is 11.1 Å². The molecule has 1 unspecified atom stereocenters. The van der Waals surface area contributed by atoms with Crippen molar-refractivity contribution in [1.29, 1.82) is 0 Å². The highest BCUT2D eigenvalue weighted by Gasteiger charge is 2.10. The minimum Gasteiger partial charge on any atom is -0.493 e. The number of hydrogen-bond donors (Lipinski definition) is 1. The summed E-state index contributed by atoms with van der Waals surface area (Å²) in [4.78, 5) is 0. The molecule has 1 rings (SSSR count). The predicted octanol–water partition coefficient (Wildman–Crippen LogP) is 4.01. The molecule has 0 aliphatic heterocycles. The summed E-state index contributed by atoms with van der Waals surface area (Å²) in [6.07, 6.45) is 3.96. The van der Waals surface area contributed by atoms with Gasteiger partial charge in [0.2, 0.25) is 0 Å². The lowest BCUT2D eigenvalue weighted by atomic mass is 10.0. The van der Waals surface area contributed by atoms with Crippen molar-refractivity contribution in [3.05, 3.63) is 42.0 Å². The van der Waals surface area contributed by atoms with Crippen molar-refractivity contribution in [3.8, 4) is 5.75 Å². The van der Waals surface area contributed by atoms with Crippen LogP contribution in [0, 0.1) is 6.92 Å². The van der Waals surface area contributed by atoms with Crippen LogP contribution in [-0.4, -0.2) is 13.2 Å². The van der Waals surface area contributed by atoms with Crippen LogP contribution in [0.2, 0.25) is 0 Å². The number of benzene rings is 1. The van der Waals surface area contributed by atoms with Gasteiger partial charge in [-0.25, -0.2) is 0 Å². The summed E-state index contributed by atoms with van der Waals surface area (Å²) in [6, 6.07) is 6.71. The van der Waals surface area contributed by atoms with E-state index < -0.39 is 0 Å². The molecule has 0 aromatic heterocycles. The second-order valence-corrected chi connectivity index (χ2v) is 4.60. The monoisotopic (exact) mass is 247 g/mol. The Labute approximate surface area is 111 Å². The van der Waals surface area contributed by atoms with E-state index in [4.69, 9.17) is 4.74 Å². The molecule has 1 aromatic rings. The highest BCUT2D eigenvalue weighted by molar-refractivity contribution is 5.38. The van der Waals surface area contributed by atoms with E-state index >= 15 is 0 Å². The van der Waals surface area contributed by atoms with Crippen molar-refractivity contribution in [2.75, 3.05) is 13.2 Å². The zero-order chi connectivity index (χ0) is 13.4. The first-order valence-electron chi connectivity index (χ1n) is 6.76. The average Bonchev–Trinajstić information content (AvgIpc) is 2.36. The van der Waals surface area contributed by atoms with Crippen molar-refractivity contribution in [2.24, 2.45) is 0 Å². The molecule has 0 aliphatic rings. The number of ether oxygens (including phenoxy) is 1. The standard InChI is InChI=1S/C16H25NO/c1-5-7-8-11-18-16-10-9-13(3)12-15(16)14(4)17-6-2/h5,9-10,12,14,17H,1,6-8,11H2,2-4H3. The Morgan fingerprint density at radius 2 is 2.22 bits per heavy atom. The van der Waals surface area contributed by atoms with Crippen molar-refractivity contribution >= 4 is 0 Å². The maximum Gasteiger partial charge on any atom is 0.124 e. The van der Waals surface area contributed by atoms with Gasteiger partial charge in [0.15, 0.2) is 0 Å². The largest absolute Gasteiger partial charge is 0.493 e. The third kappa shape index (κ3) is 4.53. The Morgan fingerprint density at radius 1 is 1.44 bits per heavy atom. The molecular weight excluding hydrogens is 222 g/mol. The first-order valence-corrected chi connectivity index (χ1v) is 6.76. The van der Waals surface area contributed by atoms with E-state index in [9.17, 15) is 0 Å². The number of rotatable bonds is 8.